The van der Waals surface area contributed by atoms with Crippen LogP contribution in [0.1, 0.15) is 40.7 Å². The maximum absolute atomic E-state index is 13.2. The topological polar surface area (TPSA) is 65.2 Å². The summed E-state index contributed by atoms with van der Waals surface area (Å²) in [5.74, 6) is -0.159. The summed E-state index contributed by atoms with van der Waals surface area (Å²) in [5, 5.41) is 3.94. The van der Waals surface area contributed by atoms with Gasteiger partial charge < -0.3 is 10.3 Å². The third-order valence-electron chi connectivity index (χ3n) is 6.58. The Morgan fingerprint density at radius 2 is 1.74 bits per heavy atom. The molecule has 5 rings (SSSR count). The van der Waals surface area contributed by atoms with Crippen molar-refractivity contribution < 1.29 is 4.79 Å². The Labute approximate surface area is 199 Å². The molecule has 0 atom stereocenters. The molecule has 1 saturated heterocycles. The largest absolute Gasteiger partial charge is 0.322 e. The summed E-state index contributed by atoms with van der Waals surface area (Å²) in [5.41, 5.74) is 6.04. The van der Waals surface area contributed by atoms with Gasteiger partial charge in [0.15, 0.2) is 0 Å². The first-order chi connectivity index (χ1) is 16.6. The van der Waals surface area contributed by atoms with E-state index in [9.17, 15) is 9.59 Å². The van der Waals surface area contributed by atoms with Crippen LogP contribution < -0.4 is 10.9 Å². The van der Waals surface area contributed by atoms with Crippen LogP contribution in [0.5, 0.6) is 0 Å². The summed E-state index contributed by atoms with van der Waals surface area (Å²) in [7, 11) is 0. The van der Waals surface area contributed by atoms with Crippen LogP contribution in [0.3, 0.4) is 0 Å². The van der Waals surface area contributed by atoms with Crippen LogP contribution in [0.15, 0.2) is 77.6 Å². The fourth-order valence-electron chi connectivity index (χ4n) is 4.71. The van der Waals surface area contributed by atoms with E-state index in [4.69, 9.17) is 0 Å². The van der Waals surface area contributed by atoms with Crippen LogP contribution in [0.4, 0.5) is 5.69 Å². The van der Waals surface area contributed by atoms with Gasteiger partial charge in [0.1, 0.15) is 0 Å². The molecule has 1 aromatic heterocycles. The maximum Gasteiger partial charge on any atom is 0.255 e. The number of aromatic amines is 1. The molecule has 3 aromatic carbocycles. The number of amides is 1. The number of carbonyl (C=O) groups excluding carboxylic acids is 1. The minimum absolute atomic E-state index is 0.116. The van der Waals surface area contributed by atoms with Crippen molar-refractivity contribution in [3.05, 3.63) is 99.8 Å². The number of likely N-dealkylation sites (tertiary alicyclic amines) is 1. The van der Waals surface area contributed by atoms with Crippen molar-refractivity contribution in [1.82, 2.24) is 9.88 Å². The molecule has 0 saturated carbocycles. The normalized spacial score (nSPS) is 14.3. The number of fused-ring (bicyclic) bond motifs is 1. The summed E-state index contributed by atoms with van der Waals surface area (Å²) in [6, 6.07) is 23.8. The molecule has 1 amide bonds. The Kier molecular flexibility index (Phi) is 6.28. The number of benzene rings is 3. The summed E-state index contributed by atoms with van der Waals surface area (Å²) in [6.45, 7) is 4.81. The smallest absolute Gasteiger partial charge is 0.255 e. The van der Waals surface area contributed by atoms with Crippen LogP contribution >= 0.6 is 0 Å². The van der Waals surface area contributed by atoms with E-state index in [0.29, 0.717) is 22.3 Å². The third kappa shape index (κ3) is 4.80. The van der Waals surface area contributed by atoms with Gasteiger partial charge in [0.05, 0.1) is 5.52 Å². The van der Waals surface area contributed by atoms with E-state index in [2.05, 4.69) is 33.4 Å². The van der Waals surface area contributed by atoms with Gasteiger partial charge in [-0.25, -0.2) is 0 Å². The van der Waals surface area contributed by atoms with Crippen LogP contribution in [0, 0.1) is 6.92 Å². The van der Waals surface area contributed by atoms with Gasteiger partial charge >= 0.3 is 0 Å². The number of rotatable bonds is 5. The number of hydrogen-bond acceptors (Lipinski definition) is 3. The Hall–Kier alpha value is -3.70. The van der Waals surface area contributed by atoms with Crippen molar-refractivity contribution in [3.8, 4) is 11.1 Å². The van der Waals surface area contributed by atoms with E-state index in [0.717, 1.165) is 30.6 Å². The van der Waals surface area contributed by atoms with E-state index in [1.54, 1.807) is 13.0 Å². The molecule has 1 aliphatic heterocycles. The Morgan fingerprint density at radius 3 is 2.53 bits per heavy atom. The second kappa shape index (κ2) is 9.65. The molecule has 2 heterocycles. The first kappa shape index (κ1) is 22.1. The number of hydrogen-bond donors (Lipinski definition) is 2. The molecule has 0 unspecified atom stereocenters. The number of anilines is 1. The zero-order valence-electron chi connectivity index (χ0n) is 19.4. The second-order valence-corrected chi connectivity index (χ2v) is 9.11. The molecule has 0 spiro atoms. The van der Waals surface area contributed by atoms with Crippen LogP contribution in [0.2, 0.25) is 0 Å². The van der Waals surface area contributed by atoms with Crippen molar-refractivity contribution in [1.29, 1.82) is 0 Å². The number of piperidine rings is 1. The van der Waals surface area contributed by atoms with Gasteiger partial charge in [-0.15, -0.1) is 0 Å². The summed E-state index contributed by atoms with van der Waals surface area (Å²) < 4.78 is 0. The van der Waals surface area contributed by atoms with E-state index in [1.165, 1.54) is 30.4 Å². The summed E-state index contributed by atoms with van der Waals surface area (Å²) in [4.78, 5) is 30.5. The van der Waals surface area contributed by atoms with Gasteiger partial charge in [-0.3, -0.25) is 14.5 Å². The summed E-state index contributed by atoms with van der Waals surface area (Å²) >= 11 is 0. The van der Waals surface area contributed by atoms with Crippen molar-refractivity contribution in [2.24, 2.45) is 0 Å². The van der Waals surface area contributed by atoms with E-state index in [-0.39, 0.29) is 11.5 Å². The van der Waals surface area contributed by atoms with Gasteiger partial charge in [-0.1, -0.05) is 48.9 Å². The Morgan fingerprint density at radius 1 is 0.941 bits per heavy atom. The fourth-order valence-corrected chi connectivity index (χ4v) is 4.71. The lowest BCUT2D eigenvalue weighted by Crippen LogP contribution is -2.29. The average molecular weight is 452 g/mol. The predicted molar refractivity (Wildman–Crippen MR) is 138 cm³/mol. The molecule has 1 aliphatic rings. The van der Waals surface area contributed by atoms with Crippen molar-refractivity contribution in [2.75, 3.05) is 18.4 Å². The number of nitrogens with zero attached hydrogens (tertiary/aromatic N) is 1. The molecule has 34 heavy (non-hydrogen) atoms. The highest BCUT2D eigenvalue weighted by Crippen LogP contribution is 2.27. The molecular weight excluding hydrogens is 422 g/mol. The number of aryl methyl sites for hydroxylation is 1. The molecule has 1 fully saturated rings. The minimum Gasteiger partial charge on any atom is -0.322 e. The molecular formula is C29H29N3O2. The lowest BCUT2D eigenvalue weighted by Gasteiger charge is -2.27. The lowest BCUT2D eigenvalue weighted by molar-refractivity contribution is 0.102. The van der Waals surface area contributed by atoms with Crippen LogP contribution in [-0.2, 0) is 6.54 Å². The van der Waals surface area contributed by atoms with Gasteiger partial charge in [-0.2, -0.15) is 0 Å². The maximum atomic E-state index is 13.2. The van der Waals surface area contributed by atoms with E-state index >= 15 is 0 Å². The molecule has 172 valence electrons. The molecule has 0 aliphatic carbocycles. The molecule has 4 aromatic rings. The van der Waals surface area contributed by atoms with Crippen molar-refractivity contribution in [3.63, 3.8) is 0 Å². The van der Waals surface area contributed by atoms with Gasteiger partial charge in [0.25, 0.3) is 11.5 Å². The minimum atomic E-state index is -0.159. The first-order valence-electron chi connectivity index (χ1n) is 11.9. The van der Waals surface area contributed by atoms with Crippen molar-refractivity contribution >= 4 is 22.5 Å². The highest BCUT2D eigenvalue weighted by Gasteiger charge is 2.16. The molecule has 0 radical (unpaired) electrons. The zero-order chi connectivity index (χ0) is 23.5. The van der Waals surface area contributed by atoms with E-state index < -0.39 is 0 Å². The van der Waals surface area contributed by atoms with Crippen molar-refractivity contribution in [2.45, 2.75) is 32.7 Å². The SMILES string of the molecule is Cc1cc2ccc(NC(=O)c3ccc(-c4ccccc4)c(CN4CCCCC4)c3)cc2[nH]c1=O. The molecule has 2 N–H and O–H groups in total. The highest BCUT2D eigenvalue weighted by atomic mass is 16.1. The standard InChI is InChI=1S/C29H29N3O2/c1-20-16-22-10-12-25(18-27(22)31-28(20)33)30-29(34)23-11-13-26(21-8-4-2-5-9-21)24(17-23)19-32-14-6-3-7-15-32/h2,4-5,8-13,16-18H,3,6-7,14-15,19H2,1H3,(H,30,34)(H,31,33). The fraction of sp³-hybridized carbons (Fsp3) is 0.241. The number of carbonyl (C=O) groups is 1. The van der Waals surface area contributed by atoms with Crippen LogP contribution in [-0.4, -0.2) is 28.9 Å². The van der Waals surface area contributed by atoms with E-state index in [1.807, 2.05) is 48.5 Å². The van der Waals surface area contributed by atoms with Gasteiger partial charge in [-0.05, 0) is 85.3 Å². The predicted octanol–water partition coefficient (Wildman–Crippen LogP) is 5.74. The Balaban J connectivity index is 1.44. The second-order valence-electron chi connectivity index (χ2n) is 9.11. The molecule has 5 nitrogen and oxygen atoms in total. The number of aromatic nitrogens is 1. The first-order valence-corrected chi connectivity index (χ1v) is 11.9. The monoisotopic (exact) mass is 451 g/mol. The Bertz CT molecular complexity index is 1390. The van der Waals surface area contributed by atoms with Crippen LogP contribution in [0.25, 0.3) is 22.0 Å². The average Bonchev–Trinajstić information content (AvgIpc) is 2.86. The molecule has 5 heteroatoms. The highest BCUT2D eigenvalue weighted by molar-refractivity contribution is 6.05. The quantitative estimate of drug-likeness (QED) is 0.407. The zero-order valence-corrected chi connectivity index (χ0v) is 19.4. The number of H-pyrrole nitrogens is 1. The molecule has 0 bridgehead atoms. The third-order valence-corrected chi connectivity index (χ3v) is 6.58. The lowest BCUT2D eigenvalue weighted by atomic mass is 9.96. The van der Waals surface area contributed by atoms with Gasteiger partial charge in [0, 0.05) is 23.4 Å². The van der Waals surface area contributed by atoms with Gasteiger partial charge in [0.2, 0.25) is 0 Å². The number of nitrogens with one attached hydrogen (secondary N) is 2. The number of pyridine rings is 1. The summed E-state index contributed by atoms with van der Waals surface area (Å²) in [6.07, 6.45) is 3.75.